The highest BCUT2D eigenvalue weighted by Gasteiger charge is 2.30. The van der Waals surface area contributed by atoms with Gasteiger partial charge in [-0.3, -0.25) is 9.10 Å². The first-order chi connectivity index (χ1) is 19.6. The number of aryl methyl sites for hydroxylation is 1. The van der Waals surface area contributed by atoms with Gasteiger partial charge in [-0.05, 0) is 100 Å². The first kappa shape index (κ1) is 31.4. The number of rotatable bonds is 11. The molecular weight excluding hydrogens is 577 g/mol. The summed E-state index contributed by atoms with van der Waals surface area (Å²) in [6.45, 7) is 0.569. The summed E-state index contributed by atoms with van der Waals surface area (Å²) in [5.74, 6) is 0.756. The van der Waals surface area contributed by atoms with Crippen LogP contribution in [0.3, 0.4) is 0 Å². The molecule has 1 unspecified atom stereocenters. The zero-order valence-electron chi connectivity index (χ0n) is 23.9. The van der Waals surface area contributed by atoms with Crippen LogP contribution in [0.15, 0.2) is 77.7 Å². The maximum absolute atomic E-state index is 13.3. The molecule has 1 aliphatic rings. The molecule has 1 amide bonds. The first-order valence-electron chi connectivity index (χ1n) is 14.1. The zero-order valence-corrected chi connectivity index (χ0v) is 26.2. The van der Waals surface area contributed by atoms with Crippen LogP contribution in [-0.2, 0) is 16.4 Å². The smallest absolute Gasteiger partial charge is 0.264 e. The molecule has 3 aromatic carbocycles. The van der Waals surface area contributed by atoms with Crippen LogP contribution in [0.5, 0.6) is 0 Å². The minimum absolute atomic E-state index is 0.00108. The van der Waals surface area contributed by atoms with Gasteiger partial charge < -0.3 is 10.2 Å². The average molecular weight is 617 g/mol. The Balaban J connectivity index is 1.35. The van der Waals surface area contributed by atoms with Gasteiger partial charge in [0.25, 0.3) is 15.9 Å². The summed E-state index contributed by atoms with van der Waals surface area (Å²) in [5, 5.41) is 3.49. The third-order valence-corrected chi connectivity index (χ3v) is 10.8. The maximum atomic E-state index is 13.3. The number of nitrogens with zero attached hydrogens (tertiary/aromatic N) is 2. The predicted octanol–water partition coefficient (Wildman–Crippen LogP) is 6.92. The second kappa shape index (κ2) is 14.1. The van der Waals surface area contributed by atoms with Gasteiger partial charge in [0.2, 0.25) is 0 Å². The van der Waals surface area contributed by atoms with Gasteiger partial charge in [0, 0.05) is 19.6 Å². The molecule has 0 spiro atoms. The van der Waals surface area contributed by atoms with Crippen LogP contribution < -0.4 is 9.62 Å². The molecule has 1 fully saturated rings. The van der Waals surface area contributed by atoms with Crippen LogP contribution in [0.1, 0.15) is 48.0 Å². The molecule has 0 aliphatic heterocycles. The molecule has 1 saturated carbocycles. The molecule has 0 bridgehead atoms. The molecule has 1 N–H and O–H groups in total. The SMILES string of the molecule is CN(C)C(CCc1ccccc1)C1CCC(CNC(=O)c2ccccc2N(C)S(=O)(=O)c2ccc(Cl)c(Cl)c2)CC1. The number of hydrogen-bond acceptors (Lipinski definition) is 4. The van der Waals surface area contributed by atoms with Crippen molar-refractivity contribution < 1.29 is 13.2 Å². The van der Waals surface area contributed by atoms with Crippen LogP contribution >= 0.6 is 23.2 Å². The van der Waals surface area contributed by atoms with Crippen molar-refractivity contribution in [2.24, 2.45) is 11.8 Å². The Morgan fingerprint density at radius 2 is 1.56 bits per heavy atom. The van der Waals surface area contributed by atoms with Gasteiger partial charge in [-0.1, -0.05) is 65.7 Å². The first-order valence-corrected chi connectivity index (χ1v) is 16.3. The number of nitrogens with one attached hydrogen (secondary N) is 1. The Bertz CT molecular complexity index is 1430. The van der Waals surface area contributed by atoms with Crippen LogP contribution in [-0.4, -0.2) is 53.0 Å². The topological polar surface area (TPSA) is 69.7 Å². The number of halogens is 2. The van der Waals surface area contributed by atoms with Crippen LogP contribution in [0.4, 0.5) is 5.69 Å². The highest BCUT2D eigenvalue weighted by atomic mass is 35.5. The van der Waals surface area contributed by atoms with Crippen molar-refractivity contribution in [2.45, 2.75) is 49.5 Å². The van der Waals surface area contributed by atoms with E-state index in [0.29, 0.717) is 35.7 Å². The third-order valence-electron chi connectivity index (χ3n) is 8.26. The van der Waals surface area contributed by atoms with Gasteiger partial charge >= 0.3 is 0 Å². The number of benzene rings is 3. The Morgan fingerprint density at radius 3 is 2.22 bits per heavy atom. The monoisotopic (exact) mass is 615 g/mol. The largest absolute Gasteiger partial charge is 0.352 e. The Labute approximate surface area is 254 Å². The normalized spacial score (nSPS) is 18.2. The molecule has 1 aliphatic carbocycles. The van der Waals surface area contributed by atoms with Gasteiger partial charge in [0.05, 0.1) is 26.2 Å². The Kier molecular flexibility index (Phi) is 10.8. The molecule has 6 nitrogen and oxygen atoms in total. The number of sulfonamides is 1. The van der Waals surface area contributed by atoms with E-state index in [1.165, 1.54) is 30.8 Å². The van der Waals surface area contributed by atoms with Crippen molar-refractivity contribution in [3.05, 3.63) is 94.0 Å². The lowest BCUT2D eigenvalue weighted by Gasteiger charge is -2.37. The van der Waals surface area contributed by atoms with E-state index in [1.807, 2.05) is 0 Å². The highest BCUT2D eigenvalue weighted by Crippen LogP contribution is 2.34. The fourth-order valence-electron chi connectivity index (χ4n) is 5.85. The number of para-hydroxylation sites is 1. The number of hydrogen-bond donors (Lipinski definition) is 1. The second-order valence-electron chi connectivity index (χ2n) is 11.1. The number of carbonyl (C=O) groups is 1. The lowest BCUT2D eigenvalue weighted by atomic mass is 9.76. The fourth-order valence-corrected chi connectivity index (χ4v) is 7.45. The summed E-state index contributed by atoms with van der Waals surface area (Å²) in [7, 11) is 1.83. The van der Waals surface area contributed by atoms with E-state index in [2.05, 4.69) is 54.6 Å². The molecule has 9 heteroatoms. The van der Waals surface area contributed by atoms with Crippen molar-refractivity contribution in [1.82, 2.24) is 10.2 Å². The van der Waals surface area contributed by atoms with Gasteiger partial charge in [-0.15, -0.1) is 0 Å². The predicted molar refractivity (Wildman–Crippen MR) is 169 cm³/mol. The maximum Gasteiger partial charge on any atom is 0.264 e. The van der Waals surface area contributed by atoms with Crippen molar-refractivity contribution >= 4 is 44.8 Å². The molecule has 41 heavy (non-hydrogen) atoms. The van der Waals surface area contributed by atoms with Gasteiger partial charge in [-0.2, -0.15) is 0 Å². The summed E-state index contributed by atoms with van der Waals surface area (Å²) < 4.78 is 27.8. The van der Waals surface area contributed by atoms with Crippen LogP contribution in [0.25, 0.3) is 0 Å². The van der Waals surface area contributed by atoms with E-state index in [0.717, 1.165) is 42.8 Å². The van der Waals surface area contributed by atoms with Crippen LogP contribution in [0.2, 0.25) is 10.0 Å². The Morgan fingerprint density at radius 1 is 0.902 bits per heavy atom. The molecule has 0 aromatic heterocycles. The average Bonchev–Trinajstić information content (AvgIpc) is 2.98. The standard InChI is InChI=1S/C32H39Cl2N3O3S/c1-36(2)30(20-15-23-9-5-4-6-10-23)25-16-13-24(14-17-25)22-35-32(38)27-11-7-8-12-31(27)37(3)41(39,40)26-18-19-28(33)29(34)21-26/h4-12,18-19,21,24-25,30H,13-17,20,22H2,1-3H3,(H,35,38). The van der Waals surface area contributed by atoms with E-state index < -0.39 is 10.0 Å². The molecule has 3 aromatic rings. The number of carbonyl (C=O) groups excluding carboxylic acids is 1. The van der Waals surface area contributed by atoms with Gasteiger partial charge in [0.15, 0.2) is 0 Å². The van der Waals surface area contributed by atoms with Crippen molar-refractivity contribution in [3.63, 3.8) is 0 Å². The Hall–Kier alpha value is -2.58. The molecule has 220 valence electrons. The summed E-state index contributed by atoms with van der Waals surface area (Å²) in [6, 6.07) is 22.1. The summed E-state index contributed by atoms with van der Waals surface area (Å²) in [6.07, 6.45) is 6.62. The van der Waals surface area contributed by atoms with Crippen LogP contribution in [0, 0.1) is 11.8 Å². The molecular formula is C32H39Cl2N3O3S. The van der Waals surface area contributed by atoms with E-state index in [-0.39, 0.29) is 20.8 Å². The van der Waals surface area contributed by atoms with E-state index in [1.54, 1.807) is 24.3 Å². The summed E-state index contributed by atoms with van der Waals surface area (Å²) in [4.78, 5) is 15.7. The van der Waals surface area contributed by atoms with Gasteiger partial charge in [-0.25, -0.2) is 8.42 Å². The second-order valence-corrected chi connectivity index (χ2v) is 13.9. The van der Waals surface area contributed by atoms with Gasteiger partial charge in [0.1, 0.15) is 0 Å². The molecule has 0 heterocycles. The molecule has 0 saturated heterocycles. The third kappa shape index (κ3) is 7.83. The quantitative estimate of drug-likeness (QED) is 0.254. The van der Waals surface area contributed by atoms with Crippen molar-refractivity contribution in [1.29, 1.82) is 0 Å². The van der Waals surface area contributed by atoms with E-state index in [9.17, 15) is 13.2 Å². The lowest BCUT2D eigenvalue weighted by molar-refractivity contribution is 0.0933. The molecule has 4 rings (SSSR count). The molecule has 0 radical (unpaired) electrons. The zero-order chi connectivity index (χ0) is 29.6. The van der Waals surface area contributed by atoms with Crippen molar-refractivity contribution in [3.8, 4) is 0 Å². The minimum Gasteiger partial charge on any atom is -0.352 e. The molecule has 1 atom stereocenters. The summed E-state index contributed by atoms with van der Waals surface area (Å²) >= 11 is 12.0. The number of anilines is 1. The minimum atomic E-state index is -3.96. The fraction of sp³-hybridized carbons (Fsp3) is 0.406. The highest BCUT2D eigenvalue weighted by molar-refractivity contribution is 7.92. The van der Waals surface area contributed by atoms with Crippen molar-refractivity contribution in [2.75, 3.05) is 32.0 Å². The van der Waals surface area contributed by atoms with E-state index in [4.69, 9.17) is 23.2 Å². The van der Waals surface area contributed by atoms with E-state index >= 15 is 0 Å². The summed E-state index contributed by atoms with van der Waals surface area (Å²) in [5.41, 5.74) is 1.99. The number of amides is 1. The lowest BCUT2D eigenvalue weighted by Crippen LogP contribution is -2.39.